The number of aryl methyl sites for hydroxylation is 1. The summed E-state index contributed by atoms with van der Waals surface area (Å²) >= 11 is 5.67. The summed E-state index contributed by atoms with van der Waals surface area (Å²) in [4.78, 5) is 9.66. The highest BCUT2D eigenvalue weighted by Gasteiger charge is 2.23. The van der Waals surface area contributed by atoms with Gasteiger partial charge < -0.3 is 10.2 Å². The number of benzene rings is 1. The van der Waals surface area contributed by atoms with Crippen LogP contribution in [-0.4, -0.2) is 42.8 Å². The van der Waals surface area contributed by atoms with Gasteiger partial charge in [0, 0.05) is 12.6 Å². The molecule has 0 saturated carbocycles. The van der Waals surface area contributed by atoms with E-state index in [1.807, 2.05) is 4.72 Å². The molecule has 10 heteroatoms. The first-order chi connectivity index (χ1) is 9.19. The second kappa shape index (κ2) is 6.46. The molecule has 1 unspecified atom stereocenters. The van der Waals surface area contributed by atoms with E-state index in [1.165, 1.54) is 13.0 Å². The van der Waals surface area contributed by atoms with E-state index < -0.39 is 39.9 Å². The third-order valence-corrected chi connectivity index (χ3v) is 4.32. The Hall–Kier alpha value is -1.26. The summed E-state index contributed by atoms with van der Waals surface area (Å²) in [5.74, 6) is 0. The molecule has 112 valence electrons. The van der Waals surface area contributed by atoms with Crippen molar-refractivity contribution in [2.75, 3.05) is 13.2 Å². The minimum absolute atomic E-state index is 0.165. The zero-order valence-electron chi connectivity index (χ0n) is 10.4. The molecule has 0 aliphatic carbocycles. The Morgan fingerprint density at radius 2 is 2.10 bits per heavy atom. The van der Waals surface area contributed by atoms with E-state index in [9.17, 15) is 18.5 Å². The van der Waals surface area contributed by atoms with Crippen LogP contribution in [0.2, 0.25) is 5.02 Å². The SMILES string of the molecule is Cc1cc(Cl)c([N+](=O)[O-])cc1S(=O)(=O)NCC(O)CO. The van der Waals surface area contributed by atoms with Gasteiger partial charge in [-0.2, -0.15) is 0 Å². The quantitative estimate of drug-likeness (QED) is 0.506. The first-order valence-corrected chi connectivity index (χ1v) is 7.28. The van der Waals surface area contributed by atoms with E-state index in [0.717, 1.165) is 6.07 Å². The van der Waals surface area contributed by atoms with Crippen LogP contribution in [0.25, 0.3) is 0 Å². The molecule has 20 heavy (non-hydrogen) atoms. The number of nitrogens with zero attached hydrogens (tertiary/aromatic N) is 1. The standard InChI is InChI=1S/C10H13ClN2O6S/c1-6-2-8(11)9(13(16)17)3-10(6)20(18,19)12-4-7(15)5-14/h2-3,7,12,14-15H,4-5H2,1H3. The fourth-order valence-corrected chi connectivity index (χ4v) is 3.02. The van der Waals surface area contributed by atoms with Crippen LogP contribution in [0.5, 0.6) is 0 Å². The average molecular weight is 325 g/mol. The maximum Gasteiger partial charge on any atom is 0.289 e. The Morgan fingerprint density at radius 3 is 2.60 bits per heavy atom. The molecule has 0 saturated heterocycles. The van der Waals surface area contributed by atoms with Gasteiger partial charge >= 0.3 is 0 Å². The van der Waals surface area contributed by atoms with E-state index in [1.54, 1.807) is 0 Å². The maximum absolute atomic E-state index is 12.0. The van der Waals surface area contributed by atoms with Gasteiger partial charge in [0.05, 0.1) is 22.5 Å². The number of nitro groups is 1. The number of nitro benzene ring substituents is 1. The fraction of sp³-hybridized carbons (Fsp3) is 0.400. The minimum atomic E-state index is -4.05. The first-order valence-electron chi connectivity index (χ1n) is 5.42. The largest absolute Gasteiger partial charge is 0.394 e. The number of halogens is 1. The lowest BCUT2D eigenvalue weighted by atomic mass is 10.2. The number of hydrogen-bond acceptors (Lipinski definition) is 6. The van der Waals surface area contributed by atoms with Crippen molar-refractivity contribution in [2.45, 2.75) is 17.9 Å². The van der Waals surface area contributed by atoms with E-state index in [-0.39, 0.29) is 15.5 Å². The zero-order valence-corrected chi connectivity index (χ0v) is 12.0. The van der Waals surface area contributed by atoms with Gasteiger partial charge in [-0.3, -0.25) is 10.1 Å². The molecule has 1 aromatic rings. The summed E-state index contributed by atoms with van der Waals surface area (Å²) in [5.41, 5.74) is -0.299. The Kier molecular flexibility index (Phi) is 5.42. The number of rotatable bonds is 6. The summed E-state index contributed by atoms with van der Waals surface area (Å²) < 4.78 is 26.0. The van der Waals surface area contributed by atoms with Crippen LogP contribution in [0.3, 0.4) is 0 Å². The molecule has 0 amide bonds. The van der Waals surface area contributed by atoms with Gasteiger partial charge in [-0.1, -0.05) is 11.6 Å². The molecule has 1 rings (SSSR count). The molecule has 0 aromatic heterocycles. The smallest absolute Gasteiger partial charge is 0.289 e. The molecule has 0 heterocycles. The second-order valence-electron chi connectivity index (χ2n) is 4.01. The highest BCUT2D eigenvalue weighted by Crippen LogP contribution is 2.29. The van der Waals surface area contributed by atoms with Crippen molar-refractivity contribution in [1.82, 2.24) is 4.72 Å². The number of aliphatic hydroxyl groups excluding tert-OH is 2. The Labute approximate surface area is 120 Å². The molecule has 0 aliphatic heterocycles. The van der Waals surface area contributed by atoms with Gasteiger partial charge in [-0.25, -0.2) is 13.1 Å². The maximum atomic E-state index is 12.0. The predicted molar refractivity (Wildman–Crippen MR) is 71.1 cm³/mol. The topological polar surface area (TPSA) is 130 Å². The third-order valence-electron chi connectivity index (χ3n) is 2.45. The Balaban J connectivity index is 3.18. The van der Waals surface area contributed by atoms with Gasteiger partial charge in [0.1, 0.15) is 5.02 Å². The molecule has 0 radical (unpaired) electrons. The molecule has 1 aromatic carbocycles. The monoisotopic (exact) mass is 324 g/mol. The van der Waals surface area contributed by atoms with Crippen molar-refractivity contribution in [3.63, 3.8) is 0 Å². The third kappa shape index (κ3) is 3.87. The summed E-state index contributed by atoms with van der Waals surface area (Å²) in [6.45, 7) is 0.420. The number of nitrogens with one attached hydrogen (secondary N) is 1. The van der Waals surface area contributed by atoms with Crippen LogP contribution in [0.1, 0.15) is 5.56 Å². The molecular formula is C10H13ClN2O6S. The predicted octanol–water partition coefficient (Wildman–Crippen LogP) is 0.188. The first kappa shape index (κ1) is 16.8. The lowest BCUT2D eigenvalue weighted by Crippen LogP contribution is -2.34. The second-order valence-corrected chi connectivity index (χ2v) is 6.16. The van der Waals surface area contributed by atoms with Crippen molar-refractivity contribution >= 4 is 27.3 Å². The molecule has 0 bridgehead atoms. The van der Waals surface area contributed by atoms with Gasteiger partial charge in [0.2, 0.25) is 10.0 Å². The van der Waals surface area contributed by atoms with Gasteiger partial charge in [-0.15, -0.1) is 0 Å². The zero-order chi connectivity index (χ0) is 15.5. The Morgan fingerprint density at radius 1 is 1.50 bits per heavy atom. The van der Waals surface area contributed by atoms with Crippen molar-refractivity contribution in [3.05, 3.63) is 32.8 Å². The molecular weight excluding hydrogens is 312 g/mol. The van der Waals surface area contributed by atoms with Crippen LogP contribution >= 0.6 is 11.6 Å². The van der Waals surface area contributed by atoms with E-state index in [2.05, 4.69) is 0 Å². The van der Waals surface area contributed by atoms with Crippen LogP contribution in [0.4, 0.5) is 5.69 Å². The molecule has 1 atom stereocenters. The van der Waals surface area contributed by atoms with Crippen molar-refractivity contribution in [1.29, 1.82) is 0 Å². The summed E-state index contributed by atoms with van der Waals surface area (Å²) in [7, 11) is -4.05. The number of aliphatic hydroxyl groups is 2. The summed E-state index contributed by atoms with van der Waals surface area (Å²) in [5, 5.41) is 28.3. The number of sulfonamides is 1. The van der Waals surface area contributed by atoms with Crippen LogP contribution in [0, 0.1) is 17.0 Å². The van der Waals surface area contributed by atoms with Gasteiger partial charge in [-0.05, 0) is 18.6 Å². The van der Waals surface area contributed by atoms with E-state index >= 15 is 0 Å². The van der Waals surface area contributed by atoms with Crippen LogP contribution in [-0.2, 0) is 10.0 Å². The summed E-state index contributed by atoms with van der Waals surface area (Å²) in [6.07, 6.45) is -1.26. The summed E-state index contributed by atoms with van der Waals surface area (Å²) in [6, 6.07) is 2.03. The lowest BCUT2D eigenvalue weighted by Gasteiger charge is -2.12. The lowest BCUT2D eigenvalue weighted by molar-refractivity contribution is -0.384. The molecule has 0 aliphatic rings. The van der Waals surface area contributed by atoms with E-state index in [4.69, 9.17) is 21.8 Å². The van der Waals surface area contributed by atoms with E-state index in [0.29, 0.717) is 0 Å². The van der Waals surface area contributed by atoms with Crippen molar-refractivity contribution in [3.8, 4) is 0 Å². The highest BCUT2D eigenvalue weighted by molar-refractivity contribution is 7.89. The molecule has 0 spiro atoms. The normalized spacial score (nSPS) is 13.2. The molecule has 8 nitrogen and oxygen atoms in total. The fourth-order valence-electron chi connectivity index (χ4n) is 1.42. The Bertz CT molecular complexity index is 618. The average Bonchev–Trinajstić information content (AvgIpc) is 2.35. The van der Waals surface area contributed by atoms with Crippen LogP contribution < -0.4 is 4.72 Å². The molecule has 0 fully saturated rings. The van der Waals surface area contributed by atoms with Crippen molar-refractivity contribution in [2.24, 2.45) is 0 Å². The van der Waals surface area contributed by atoms with Crippen LogP contribution in [0.15, 0.2) is 17.0 Å². The molecule has 3 N–H and O–H groups in total. The number of hydrogen-bond donors (Lipinski definition) is 3. The minimum Gasteiger partial charge on any atom is -0.394 e. The van der Waals surface area contributed by atoms with Gasteiger partial charge in [0.25, 0.3) is 5.69 Å². The highest BCUT2D eigenvalue weighted by atomic mass is 35.5. The van der Waals surface area contributed by atoms with Gasteiger partial charge in [0.15, 0.2) is 0 Å². The van der Waals surface area contributed by atoms with Crippen molar-refractivity contribution < 1.29 is 23.6 Å².